The normalized spacial score (nSPS) is 11.9. The number of aromatic nitrogens is 2. The predicted octanol–water partition coefficient (Wildman–Crippen LogP) is 3.12. The zero-order chi connectivity index (χ0) is 20.4. The van der Waals surface area contributed by atoms with Crippen molar-refractivity contribution in [3.63, 3.8) is 0 Å². The van der Waals surface area contributed by atoms with Gasteiger partial charge in [-0.2, -0.15) is 13.2 Å². The number of guanidine groups is 1. The molecule has 0 saturated heterocycles. The largest absolute Gasteiger partial charge is 0.408 e. The van der Waals surface area contributed by atoms with Gasteiger partial charge in [-0.3, -0.25) is 4.79 Å². The topological polar surface area (TPSA) is 105 Å². The third-order valence-electron chi connectivity index (χ3n) is 3.50. The van der Waals surface area contributed by atoms with Gasteiger partial charge in [-0.1, -0.05) is 18.2 Å². The summed E-state index contributed by atoms with van der Waals surface area (Å²) in [6, 6.07) is 10.7. The second kappa shape index (κ2) is 10.2. The maximum Gasteiger partial charge on any atom is 0.408 e. The number of halogens is 3. The number of carbonyl (C=O) groups is 1. The number of amides is 1. The van der Waals surface area contributed by atoms with Crippen molar-refractivity contribution in [2.75, 3.05) is 17.2 Å². The molecule has 0 fully saturated rings. The molecule has 28 heavy (non-hydrogen) atoms. The number of hydrogen-bond acceptors (Lipinski definition) is 4. The summed E-state index contributed by atoms with van der Waals surface area (Å²) in [7, 11) is 0. The molecule has 0 unspecified atom stereocenters. The van der Waals surface area contributed by atoms with Gasteiger partial charge in [0.2, 0.25) is 5.91 Å². The molecule has 2 rings (SSSR count). The van der Waals surface area contributed by atoms with Crippen LogP contribution in [0.3, 0.4) is 0 Å². The minimum absolute atomic E-state index is 0.0730. The highest BCUT2D eigenvalue weighted by molar-refractivity contribution is 5.91. The Hall–Kier alpha value is -3.17. The minimum Gasteiger partial charge on any atom is -0.370 e. The van der Waals surface area contributed by atoms with Crippen LogP contribution in [0.4, 0.5) is 24.7 Å². The second-order valence-corrected chi connectivity index (χ2v) is 5.92. The van der Waals surface area contributed by atoms with Crippen LogP contribution >= 0.6 is 0 Å². The van der Waals surface area contributed by atoms with E-state index in [1.807, 2.05) is 30.3 Å². The lowest BCUT2D eigenvalue weighted by Gasteiger charge is -2.08. The summed E-state index contributed by atoms with van der Waals surface area (Å²) in [5, 5.41) is 5.31. The fraction of sp³-hybridized carbons (Fsp3) is 0.333. The average molecular weight is 394 g/mol. The molecule has 0 aliphatic rings. The van der Waals surface area contributed by atoms with Crippen molar-refractivity contribution in [2.45, 2.75) is 31.9 Å². The summed E-state index contributed by atoms with van der Waals surface area (Å²) >= 11 is 0. The van der Waals surface area contributed by atoms with Crippen molar-refractivity contribution < 1.29 is 18.0 Å². The number of hydrogen-bond donors (Lipinski definition) is 3. The van der Waals surface area contributed by atoms with Crippen LogP contribution in [0.5, 0.6) is 0 Å². The van der Waals surface area contributed by atoms with Crippen molar-refractivity contribution in [3.05, 3.63) is 48.4 Å². The van der Waals surface area contributed by atoms with Crippen LogP contribution in [-0.4, -0.2) is 34.6 Å². The van der Waals surface area contributed by atoms with Crippen molar-refractivity contribution in [3.8, 4) is 0 Å². The SMILES string of the molecule is NC(=NCC(F)(F)F)Nc1ccnc(CCCCC(=O)Nc2ccccc2)n1. The van der Waals surface area contributed by atoms with Crippen LogP contribution in [0.1, 0.15) is 25.1 Å². The van der Waals surface area contributed by atoms with Crippen LogP contribution in [-0.2, 0) is 11.2 Å². The molecule has 4 N–H and O–H groups in total. The summed E-state index contributed by atoms with van der Waals surface area (Å²) in [4.78, 5) is 23.4. The average Bonchev–Trinajstić information content (AvgIpc) is 2.64. The Balaban J connectivity index is 1.74. The summed E-state index contributed by atoms with van der Waals surface area (Å²) < 4.78 is 36.4. The van der Waals surface area contributed by atoms with Crippen molar-refractivity contribution in [1.82, 2.24) is 9.97 Å². The molecular formula is C18H21F3N6O. The molecule has 0 spiro atoms. The van der Waals surface area contributed by atoms with Gasteiger partial charge in [0.1, 0.15) is 18.2 Å². The molecule has 1 amide bonds. The number of nitrogens with zero attached hydrogens (tertiary/aromatic N) is 3. The van der Waals surface area contributed by atoms with Crippen LogP contribution < -0.4 is 16.4 Å². The molecule has 0 aliphatic carbocycles. The van der Waals surface area contributed by atoms with Crippen molar-refractivity contribution in [2.24, 2.45) is 10.7 Å². The zero-order valence-electron chi connectivity index (χ0n) is 15.0. The predicted molar refractivity (Wildman–Crippen MR) is 101 cm³/mol. The van der Waals surface area contributed by atoms with Crippen LogP contribution in [0.25, 0.3) is 0 Å². The first-order chi connectivity index (χ1) is 13.3. The van der Waals surface area contributed by atoms with Gasteiger partial charge in [0.25, 0.3) is 0 Å². The Morgan fingerprint density at radius 2 is 1.86 bits per heavy atom. The van der Waals surface area contributed by atoms with Gasteiger partial charge in [-0.15, -0.1) is 0 Å². The number of aliphatic imine (C=N–C) groups is 1. The van der Waals surface area contributed by atoms with E-state index in [4.69, 9.17) is 5.73 Å². The molecule has 0 radical (unpaired) electrons. The first-order valence-electron chi connectivity index (χ1n) is 8.62. The smallest absolute Gasteiger partial charge is 0.370 e. The molecule has 0 bridgehead atoms. The van der Waals surface area contributed by atoms with Gasteiger partial charge in [0.05, 0.1) is 0 Å². The van der Waals surface area contributed by atoms with Crippen LogP contribution in [0.2, 0.25) is 0 Å². The second-order valence-electron chi connectivity index (χ2n) is 5.92. The summed E-state index contributed by atoms with van der Waals surface area (Å²) in [6.45, 7) is -1.37. The molecule has 1 aromatic heterocycles. The molecule has 2 aromatic rings. The summed E-state index contributed by atoms with van der Waals surface area (Å²) in [6.07, 6.45) is -0.727. The fourth-order valence-corrected chi connectivity index (χ4v) is 2.25. The lowest BCUT2D eigenvalue weighted by atomic mass is 10.1. The number of rotatable bonds is 8. The van der Waals surface area contributed by atoms with Gasteiger partial charge in [0.15, 0.2) is 5.96 Å². The number of unbranched alkanes of at least 4 members (excludes halogenated alkanes) is 1. The van der Waals surface area contributed by atoms with Gasteiger partial charge in [-0.25, -0.2) is 15.0 Å². The van der Waals surface area contributed by atoms with E-state index in [0.717, 1.165) is 5.69 Å². The van der Waals surface area contributed by atoms with Crippen molar-refractivity contribution >= 4 is 23.4 Å². The number of benzene rings is 1. The number of anilines is 2. The van der Waals surface area contributed by atoms with Gasteiger partial charge in [0, 0.05) is 24.7 Å². The number of nitrogens with one attached hydrogen (secondary N) is 2. The van der Waals surface area contributed by atoms with E-state index in [9.17, 15) is 18.0 Å². The molecule has 1 heterocycles. The maximum absolute atomic E-state index is 12.1. The molecule has 0 aliphatic heterocycles. The van der Waals surface area contributed by atoms with E-state index in [1.54, 1.807) is 0 Å². The molecule has 150 valence electrons. The third-order valence-corrected chi connectivity index (χ3v) is 3.50. The van der Waals surface area contributed by atoms with E-state index >= 15 is 0 Å². The van der Waals surface area contributed by atoms with Crippen LogP contribution in [0.15, 0.2) is 47.6 Å². The monoisotopic (exact) mass is 394 g/mol. The van der Waals surface area contributed by atoms with Crippen molar-refractivity contribution in [1.29, 1.82) is 0 Å². The molecule has 0 saturated carbocycles. The molecule has 1 aromatic carbocycles. The molecule has 0 atom stereocenters. The molecular weight excluding hydrogens is 373 g/mol. The van der Waals surface area contributed by atoms with E-state index < -0.39 is 12.7 Å². The summed E-state index contributed by atoms with van der Waals surface area (Å²) in [5.74, 6) is 0.308. The highest BCUT2D eigenvalue weighted by Crippen LogP contribution is 2.14. The zero-order valence-corrected chi connectivity index (χ0v) is 15.0. The number of aryl methyl sites for hydroxylation is 1. The Kier molecular flexibility index (Phi) is 7.73. The van der Waals surface area contributed by atoms with Gasteiger partial charge >= 0.3 is 6.18 Å². The number of alkyl halides is 3. The lowest BCUT2D eigenvalue weighted by molar-refractivity contribution is -0.118. The quantitative estimate of drug-likeness (QED) is 0.362. The fourth-order valence-electron chi connectivity index (χ4n) is 2.25. The van der Waals surface area contributed by atoms with E-state index in [2.05, 4.69) is 25.6 Å². The highest BCUT2D eigenvalue weighted by Gasteiger charge is 2.26. The Labute approximate surface area is 160 Å². The van der Waals surface area contributed by atoms with Crippen LogP contribution in [0, 0.1) is 0 Å². The van der Waals surface area contributed by atoms with E-state index in [0.29, 0.717) is 31.5 Å². The number of carbonyl (C=O) groups excluding carboxylic acids is 1. The third kappa shape index (κ3) is 8.47. The minimum atomic E-state index is -4.42. The summed E-state index contributed by atoms with van der Waals surface area (Å²) in [5.41, 5.74) is 6.16. The van der Waals surface area contributed by atoms with E-state index in [1.165, 1.54) is 12.3 Å². The standard InChI is InChI=1S/C18H21F3N6O/c19-18(20,21)12-24-17(22)27-15-10-11-23-14(26-15)8-4-5-9-16(28)25-13-6-2-1-3-7-13/h1-3,6-7,10-11H,4-5,8-9,12H2,(H,25,28)(H3,22,23,24,26,27). The van der Waals surface area contributed by atoms with Gasteiger partial charge < -0.3 is 16.4 Å². The number of para-hydroxylation sites is 1. The Bertz CT molecular complexity index is 795. The molecule has 10 heteroatoms. The Morgan fingerprint density at radius 1 is 1.11 bits per heavy atom. The lowest BCUT2D eigenvalue weighted by Crippen LogP contribution is -2.26. The maximum atomic E-state index is 12.1. The first kappa shape index (κ1) is 21.1. The Morgan fingerprint density at radius 3 is 2.57 bits per heavy atom. The van der Waals surface area contributed by atoms with E-state index in [-0.39, 0.29) is 17.7 Å². The first-order valence-corrected chi connectivity index (χ1v) is 8.62. The highest BCUT2D eigenvalue weighted by atomic mass is 19.4. The molecule has 7 nitrogen and oxygen atoms in total. The van der Waals surface area contributed by atoms with Gasteiger partial charge in [-0.05, 0) is 31.0 Å². The number of nitrogens with two attached hydrogens (primary N) is 1.